The van der Waals surface area contributed by atoms with Crippen LogP contribution in [0.1, 0.15) is 62.5 Å². The molecule has 6 heteroatoms. The van der Waals surface area contributed by atoms with E-state index >= 15 is 0 Å². The lowest BCUT2D eigenvalue weighted by molar-refractivity contribution is -0.115. The van der Waals surface area contributed by atoms with Crippen LogP contribution in [0.2, 0.25) is 0 Å². The second-order valence-corrected chi connectivity index (χ2v) is 9.88. The molecular weight excluding hydrogens is 438 g/mol. The van der Waals surface area contributed by atoms with E-state index in [4.69, 9.17) is 14.5 Å². The van der Waals surface area contributed by atoms with E-state index in [9.17, 15) is 4.79 Å². The van der Waals surface area contributed by atoms with E-state index in [1.807, 2.05) is 62.4 Å². The third-order valence-electron chi connectivity index (χ3n) is 6.63. The summed E-state index contributed by atoms with van der Waals surface area (Å²) in [6.07, 6.45) is 8.18. The molecule has 182 valence electrons. The number of epoxide rings is 1. The Kier molecular flexibility index (Phi) is 7.09. The molecule has 5 rings (SSSR count). The molecule has 1 atom stereocenters. The van der Waals surface area contributed by atoms with Crippen LogP contribution >= 0.6 is 0 Å². The number of anilines is 1. The predicted molar refractivity (Wildman–Crippen MR) is 136 cm³/mol. The summed E-state index contributed by atoms with van der Waals surface area (Å²) in [4.78, 5) is 22.5. The Hall–Kier alpha value is -3.25. The fraction of sp³-hybridized carbons (Fsp3) is 0.414. The van der Waals surface area contributed by atoms with Crippen molar-refractivity contribution >= 4 is 11.7 Å². The number of hydrogen-bond donors (Lipinski definition) is 1. The Morgan fingerprint density at radius 3 is 2.46 bits per heavy atom. The lowest BCUT2D eigenvalue weighted by Gasteiger charge is -2.15. The largest absolute Gasteiger partial charge is 0.491 e. The molecule has 1 amide bonds. The van der Waals surface area contributed by atoms with Gasteiger partial charge in [0.2, 0.25) is 5.91 Å². The van der Waals surface area contributed by atoms with Crippen molar-refractivity contribution in [2.45, 2.75) is 64.6 Å². The highest BCUT2D eigenvalue weighted by Crippen LogP contribution is 2.31. The number of aromatic nitrogens is 2. The number of ether oxygens (including phenoxy) is 2. The maximum Gasteiger partial charge on any atom is 0.229 e. The predicted octanol–water partition coefficient (Wildman–Crippen LogP) is 5.92. The zero-order chi connectivity index (χ0) is 24.2. The molecule has 6 nitrogen and oxygen atoms in total. The zero-order valence-corrected chi connectivity index (χ0v) is 20.5. The van der Waals surface area contributed by atoms with Gasteiger partial charge >= 0.3 is 0 Å². The molecule has 2 aliphatic rings. The lowest BCUT2D eigenvalue weighted by atomic mass is 10.0. The van der Waals surface area contributed by atoms with E-state index in [-0.39, 0.29) is 18.1 Å². The fourth-order valence-corrected chi connectivity index (χ4v) is 4.73. The van der Waals surface area contributed by atoms with Gasteiger partial charge in [0.1, 0.15) is 11.9 Å². The van der Waals surface area contributed by atoms with Gasteiger partial charge in [-0.2, -0.15) is 0 Å². The molecule has 1 aliphatic heterocycles. The van der Waals surface area contributed by atoms with Crippen LogP contribution in [0.5, 0.6) is 5.75 Å². The summed E-state index contributed by atoms with van der Waals surface area (Å²) >= 11 is 0. The standard InChI is InChI=1S/C29H33N3O3/c1-19(2)35-24-13-11-22(12-14-24)26-17-30-29(25(31-26)15-20-5-3-4-6-20)32-28(33)16-21-7-9-23(10-8-21)27-18-34-27/h7-14,17,19-20,27H,3-6,15-16,18H2,1-2H3,(H,30,32,33). The zero-order valence-electron chi connectivity index (χ0n) is 20.5. The SMILES string of the molecule is CC(C)Oc1ccc(-c2cnc(NC(=O)Cc3ccc(C4CO4)cc3)c(CC3CCCC3)n2)cc1. The molecule has 1 saturated heterocycles. The van der Waals surface area contributed by atoms with Crippen LogP contribution < -0.4 is 10.1 Å². The third-order valence-corrected chi connectivity index (χ3v) is 6.63. The molecule has 1 aliphatic carbocycles. The summed E-state index contributed by atoms with van der Waals surface area (Å²) < 4.78 is 11.1. The normalized spacial score (nSPS) is 17.5. The minimum atomic E-state index is -0.0784. The van der Waals surface area contributed by atoms with E-state index in [0.717, 1.165) is 41.3 Å². The van der Waals surface area contributed by atoms with Gasteiger partial charge in [-0.15, -0.1) is 0 Å². The van der Waals surface area contributed by atoms with Crippen molar-refractivity contribution in [3.8, 4) is 17.0 Å². The number of amides is 1. The molecule has 2 aromatic carbocycles. The number of carbonyl (C=O) groups is 1. The van der Waals surface area contributed by atoms with Crippen LogP contribution in [-0.2, 0) is 22.4 Å². The van der Waals surface area contributed by atoms with E-state index < -0.39 is 0 Å². The van der Waals surface area contributed by atoms with Crippen molar-refractivity contribution in [1.29, 1.82) is 0 Å². The Labute approximate surface area is 207 Å². The van der Waals surface area contributed by atoms with Crippen LogP contribution in [-0.4, -0.2) is 28.6 Å². The summed E-state index contributed by atoms with van der Waals surface area (Å²) in [5.41, 5.74) is 4.80. The number of hydrogen-bond acceptors (Lipinski definition) is 5. The molecule has 0 radical (unpaired) electrons. The third kappa shape index (κ3) is 6.25. The van der Waals surface area contributed by atoms with Gasteiger partial charge in [-0.25, -0.2) is 9.97 Å². The minimum absolute atomic E-state index is 0.0784. The maximum atomic E-state index is 12.9. The molecule has 35 heavy (non-hydrogen) atoms. The van der Waals surface area contributed by atoms with E-state index in [0.29, 0.717) is 18.2 Å². The topological polar surface area (TPSA) is 76.6 Å². The average molecular weight is 472 g/mol. The van der Waals surface area contributed by atoms with E-state index in [1.165, 1.54) is 31.2 Å². The first kappa shape index (κ1) is 23.5. The smallest absolute Gasteiger partial charge is 0.229 e. The fourth-order valence-electron chi connectivity index (χ4n) is 4.73. The maximum absolute atomic E-state index is 12.9. The summed E-state index contributed by atoms with van der Waals surface area (Å²) in [6, 6.07) is 16.0. The average Bonchev–Trinajstić information content (AvgIpc) is 3.57. The highest BCUT2D eigenvalue weighted by molar-refractivity contribution is 5.92. The van der Waals surface area contributed by atoms with Gasteiger partial charge in [0.05, 0.1) is 36.7 Å². The number of carbonyl (C=O) groups excluding carboxylic acids is 1. The molecule has 3 aromatic rings. The van der Waals surface area contributed by atoms with E-state index in [1.54, 1.807) is 6.20 Å². The highest BCUT2D eigenvalue weighted by atomic mass is 16.6. The van der Waals surface area contributed by atoms with Gasteiger partial charge in [0.25, 0.3) is 0 Å². The number of rotatable bonds is 9. The Bertz CT molecular complexity index is 1150. The summed E-state index contributed by atoms with van der Waals surface area (Å²) in [6.45, 7) is 4.81. The van der Waals surface area contributed by atoms with Gasteiger partial charge < -0.3 is 14.8 Å². The van der Waals surface area contributed by atoms with Crippen molar-refractivity contribution < 1.29 is 14.3 Å². The molecule has 2 fully saturated rings. The van der Waals surface area contributed by atoms with Gasteiger partial charge in [-0.3, -0.25) is 4.79 Å². The van der Waals surface area contributed by atoms with Gasteiger partial charge in [-0.05, 0) is 61.6 Å². The number of benzene rings is 2. The first-order valence-electron chi connectivity index (χ1n) is 12.7. The molecule has 2 heterocycles. The summed E-state index contributed by atoms with van der Waals surface area (Å²) in [5.74, 6) is 1.93. The molecule has 1 aromatic heterocycles. The molecular formula is C29H33N3O3. The van der Waals surface area contributed by atoms with Gasteiger partial charge in [0.15, 0.2) is 5.82 Å². The monoisotopic (exact) mass is 471 g/mol. The van der Waals surface area contributed by atoms with E-state index in [2.05, 4.69) is 10.3 Å². The molecule has 1 N–H and O–H groups in total. The second-order valence-electron chi connectivity index (χ2n) is 9.88. The molecule has 0 spiro atoms. The number of nitrogens with zero attached hydrogens (tertiary/aromatic N) is 2. The quantitative estimate of drug-likeness (QED) is 0.392. The van der Waals surface area contributed by atoms with Gasteiger partial charge in [-0.1, -0.05) is 49.9 Å². The lowest BCUT2D eigenvalue weighted by Crippen LogP contribution is -2.18. The van der Waals surface area contributed by atoms with Crippen molar-refractivity contribution in [2.75, 3.05) is 11.9 Å². The summed E-state index contributed by atoms with van der Waals surface area (Å²) in [5, 5.41) is 3.03. The summed E-state index contributed by atoms with van der Waals surface area (Å²) in [7, 11) is 0. The minimum Gasteiger partial charge on any atom is -0.491 e. The first-order chi connectivity index (χ1) is 17.0. The van der Waals surface area contributed by atoms with Gasteiger partial charge in [0, 0.05) is 5.56 Å². The van der Waals surface area contributed by atoms with Crippen LogP contribution in [0.25, 0.3) is 11.3 Å². The van der Waals surface area contributed by atoms with Crippen LogP contribution in [0.3, 0.4) is 0 Å². The van der Waals surface area contributed by atoms with Crippen LogP contribution in [0.15, 0.2) is 54.7 Å². The Morgan fingerprint density at radius 2 is 1.80 bits per heavy atom. The van der Waals surface area contributed by atoms with Crippen molar-refractivity contribution in [1.82, 2.24) is 9.97 Å². The Morgan fingerprint density at radius 1 is 1.09 bits per heavy atom. The number of nitrogens with one attached hydrogen (secondary N) is 1. The first-order valence-corrected chi connectivity index (χ1v) is 12.7. The van der Waals surface area contributed by atoms with Crippen molar-refractivity contribution in [3.05, 3.63) is 71.5 Å². The molecule has 0 bridgehead atoms. The Balaban J connectivity index is 1.32. The van der Waals surface area contributed by atoms with Crippen molar-refractivity contribution in [3.63, 3.8) is 0 Å². The van der Waals surface area contributed by atoms with Crippen LogP contribution in [0.4, 0.5) is 5.82 Å². The van der Waals surface area contributed by atoms with Crippen LogP contribution in [0, 0.1) is 5.92 Å². The second kappa shape index (κ2) is 10.6. The molecule has 1 saturated carbocycles. The molecule has 1 unspecified atom stereocenters. The highest BCUT2D eigenvalue weighted by Gasteiger charge is 2.24. The van der Waals surface area contributed by atoms with Crippen molar-refractivity contribution in [2.24, 2.45) is 5.92 Å².